The third kappa shape index (κ3) is 2.82. The van der Waals surface area contributed by atoms with Crippen LogP contribution in [0.5, 0.6) is 0 Å². The molecule has 1 amide bonds. The molecule has 0 radical (unpaired) electrons. The van der Waals surface area contributed by atoms with E-state index in [1.54, 1.807) is 18.3 Å². The van der Waals surface area contributed by atoms with E-state index in [1.165, 1.54) is 19.1 Å². The normalized spacial score (nSPS) is 14.8. The van der Waals surface area contributed by atoms with Crippen molar-refractivity contribution in [2.45, 2.75) is 31.7 Å². The molecule has 0 unspecified atom stereocenters. The number of nitrogens with zero attached hydrogens (tertiary/aromatic N) is 3. The first-order valence-electron chi connectivity index (χ1n) is 8.17. The number of aromatic nitrogens is 3. The largest absolute Gasteiger partial charge is 0.364 e. The van der Waals surface area contributed by atoms with Crippen LogP contribution >= 0.6 is 0 Å². The van der Waals surface area contributed by atoms with Gasteiger partial charge in [-0.25, -0.2) is 0 Å². The van der Waals surface area contributed by atoms with Crippen LogP contribution in [0.3, 0.4) is 0 Å². The Balaban J connectivity index is 1.49. The fourth-order valence-corrected chi connectivity index (χ4v) is 3.21. The number of hydrogen-bond acceptors (Lipinski definition) is 4. The number of hydrogen-bond donors (Lipinski definition) is 1. The number of rotatable bonds is 4. The van der Waals surface area contributed by atoms with Gasteiger partial charge in [0.1, 0.15) is 17.7 Å². The lowest BCUT2D eigenvalue weighted by atomic mass is 10.1. The average Bonchev–Trinajstić information content (AvgIpc) is 3.35. The fraction of sp³-hybridized carbons (Fsp3) is 0.278. The number of benzene rings is 1. The summed E-state index contributed by atoms with van der Waals surface area (Å²) in [5, 5.41) is 11.2. The van der Waals surface area contributed by atoms with Crippen LogP contribution in [-0.2, 0) is 0 Å². The van der Waals surface area contributed by atoms with Gasteiger partial charge >= 0.3 is 0 Å². The maximum Gasteiger partial charge on any atom is 0.273 e. The molecule has 3 aromatic rings. The van der Waals surface area contributed by atoms with Crippen LogP contribution in [0.25, 0.3) is 11.3 Å². The van der Waals surface area contributed by atoms with Gasteiger partial charge in [0.15, 0.2) is 0 Å². The molecule has 0 atom stereocenters. The predicted molar refractivity (Wildman–Crippen MR) is 89.6 cm³/mol. The molecule has 1 N–H and O–H groups in total. The standard InChI is InChI=1S/C18H18N4O2/c23-18(17-9-11-19-22(17)15-3-1-2-4-15)20-14-7-5-13(6-8-14)16-10-12-24-21-16/h5-12,15H,1-4H2,(H,20,23). The fourth-order valence-electron chi connectivity index (χ4n) is 3.21. The van der Waals surface area contributed by atoms with Crippen molar-refractivity contribution in [2.24, 2.45) is 0 Å². The Morgan fingerprint density at radius 1 is 1.12 bits per heavy atom. The van der Waals surface area contributed by atoms with E-state index < -0.39 is 0 Å². The average molecular weight is 322 g/mol. The summed E-state index contributed by atoms with van der Waals surface area (Å²) < 4.78 is 6.71. The molecule has 2 heterocycles. The topological polar surface area (TPSA) is 73.0 Å². The molecule has 24 heavy (non-hydrogen) atoms. The highest BCUT2D eigenvalue weighted by Gasteiger charge is 2.22. The molecule has 1 aliphatic carbocycles. The van der Waals surface area contributed by atoms with Crippen molar-refractivity contribution >= 4 is 11.6 Å². The molecule has 0 saturated heterocycles. The molecule has 6 nitrogen and oxygen atoms in total. The van der Waals surface area contributed by atoms with Crippen LogP contribution in [0.1, 0.15) is 42.2 Å². The maximum absolute atomic E-state index is 12.6. The van der Waals surface area contributed by atoms with E-state index in [9.17, 15) is 4.79 Å². The Morgan fingerprint density at radius 3 is 2.62 bits per heavy atom. The van der Waals surface area contributed by atoms with Gasteiger partial charge in [0, 0.05) is 23.5 Å². The lowest BCUT2D eigenvalue weighted by Gasteiger charge is -2.14. The summed E-state index contributed by atoms with van der Waals surface area (Å²) in [6.07, 6.45) is 7.82. The lowest BCUT2D eigenvalue weighted by Crippen LogP contribution is -2.20. The first-order chi connectivity index (χ1) is 11.8. The predicted octanol–water partition coefficient (Wildman–Crippen LogP) is 3.91. The Morgan fingerprint density at radius 2 is 1.92 bits per heavy atom. The molecule has 0 aliphatic heterocycles. The number of amides is 1. The molecule has 4 rings (SSSR count). The van der Waals surface area contributed by atoms with Gasteiger partial charge in [-0.05, 0) is 31.0 Å². The first kappa shape index (κ1) is 14.7. The summed E-state index contributed by atoms with van der Waals surface area (Å²) in [5.41, 5.74) is 3.07. The quantitative estimate of drug-likeness (QED) is 0.790. The minimum Gasteiger partial charge on any atom is -0.364 e. The minimum absolute atomic E-state index is 0.131. The Hall–Kier alpha value is -2.89. The molecule has 1 aromatic carbocycles. The zero-order valence-corrected chi connectivity index (χ0v) is 13.2. The number of carbonyl (C=O) groups is 1. The minimum atomic E-state index is -0.131. The van der Waals surface area contributed by atoms with Crippen molar-refractivity contribution in [1.29, 1.82) is 0 Å². The summed E-state index contributed by atoms with van der Waals surface area (Å²) in [6, 6.07) is 11.4. The molecule has 0 bridgehead atoms. The van der Waals surface area contributed by atoms with Gasteiger partial charge in [0.25, 0.3) is 5.91 Å². The number of carbonyl (C=O) groups excluding carboxylic acids is 1. The number of anilines is 1. The SMILES string of the molecule is O=C(Nc1ccc(-c2ccon2)cc1)c1ccnn1C1CCCC1. The molecule has 2 aromatic heterocycles. The molecule has 0 spiro atoms. The van der Waals surface area contributed by atoms with Crippen molar-refractivity contribution in [3.05, 3.63) is 54.6 Å². The molecular weight excluding hydrogens is 304 g/mol. The second kappa shape index (κ2) is 6.31. The zero-order chi connectivity index (χ0) is 16.4. The maximum atomic E-state index is 12.6. The third-order valence-corrected chi connectivity index (χ3v) is 4.45. The van der Waals surface area contributed by atoms with E-state index in [0.29, 0.717) is 11.7 Å². The van der Waals surface area contributed by atoms with E-state index in [1.807, 2.05) is 28.9 Å². The van der Waals surface area contributed by atoms with Crippen molar-refractivity contribution in [3.63, 3.8) is 0 Å². The van der Waals surface area contributed by atoms with Gasteiger partial charge < -0.3 is 9.84 Å². The van der Waals surface area contributed by atoms with Crippen LogP contribution in [0, 0.1) is 0 Å². The van der Waals surface area contributed by atoms with Crippen LogP contribution < -0.4 is 5.32 Å². The molecule has 6 heteroatoms. The molecule has 122 valence electrons. The van der Waals surface area contributed by atoms with E-state index >= 15 is 0 Å². The second-order valence-corrected chi connectivity index (χ2v) is 6.02. The molecule has 1 fully saturated rings. The zero-order valence-electron chi connectivity index (χ0n) is 13.2. The summed E-state index contributed by atoms with van der Waals surface area (Å²) in [4.78, 5) is 12.6. The van der Waals surface area contributed by atoms with Crippen molar-refractivity contribution in [3.8, 4) is 11.3 Å². The third-order valence-electron chi connectivity index (χ3n) is 4.45. The second-order valence-electron chi connectivity index (χ2n) is 6.02. The number of nitrogens with one attached hydrogen (secondary N) is 1. The summed E-state index contributed by atoms with van der Waals surface area (Å²) in [7, 11) is 0. The Kier molecular flexibility index (Phi) is 3.86. The molecule has 1 saturated carbocycles. The van der Waals surface area contributed by atoms with Gasteiger partial charge in [-0.2, -0.15) is 5.10 Å². The van der Waals surface area contributed by atoms with E-state index in [4.69, 9.17) is 4.52 Å². The van der Waals surface area contributed by atoms with Gasteiger partial charge in [0.05, 0.1) is 6.04 Å². The van der Waals surface area contributed by atoms with E-state index in [-0.39, 0.29) is 5.91 Å². The summed E-state index contributed by atoms with van der Waals surface area (Å²) in [6.45, 7) is 0. The Bertz CT molecular complexity index is 815. The van der Waals surface area contributed by atoms with E-state index in [2.05, 4.69) is 15.6 Å². The molecule has 1 aliphatic rings. The highest BCUT2D eigenvalue weighted by Crippen LogP contribution is 2.30. The van der Waals surface area contributed by atoms with Crippen LogP contribution in [0.2, 0.25) is 0 Å². The van der Waals surface area contributed by atoms with Crippen molar-refractivity contribution < 1.29 is 9.32 Å². The summed E-state index contributed by atoms with van der Waals surface area (Å²) in [5.74, 6) is -0.131. The van der Waals surface area contributed by atoms with Crippen molar-refractivity contribution in [1.82, 2.24) is 14.9 Å². The van der Waals surface area contributed by atoms with Gasteiger partial charge in [-0.3, -0.25) is 9.48 Å². The van der Waals surface area contributed by atoms with Crippen LogP contribution in [0.4, 0.5) is 5.69 Å². The highest BCUT2D eigenvalue weighted by atomic mass is 16.5. The first-order valence-corrected chi connectivity index (χ1v) is 8.17. The van der Waals surface area contributed by atoms with Gasteiger partial charge in [-0.1, -0.05) is 30.1 Å². The molecular formula is C18H18N4O2. The lowest BCUT2D eigenvalue weighted by molar-refractivity contribution is 0.101. The van der Waals surface area contributed by atoms with Crippen molar-refractivity contribution in [2.75, 3.05) is 5.32 Å². The monoisotopic (exact) mass is 322 g/mol. The van der Waals surface area contributed by atoms with Crippen LogP contribution in [0.15, 0.2) is 53.4 Å². The summed E-state index contributed by atoms with van der Waals surface area (Å²) >= 11 is 0. The van der Waals surface area contributed by atoms with Crippen LogP contribution in [-0.4, -0.2) is 20.8 Å². The van der Waals surface area contributed by atoms with Gasteiger partial charge in [0.2, 0.25) is 0 Å². The van der Waals surface area contributed by atoms with Gasteiger partial charge in [-0.15, -0.1) is 0 Å². The highest BCUT2D eigenvalue weighted by molar-refractivity contribution is 6.03. The smallest absolute Gasteiger partial charge is 0.273 e. The van der Waals surface area contributed by atoms with E-state index in [0.717, 1.165) is 29.8 Å². The Labute approximate surface area is 139 Å².